The summed E-state index contributed by atoms with van der Waals surface area (Å²) in [5.74, 6) is -0.652. The minimum absolute atomic E-state index is 0.603. The van der Waals surface area contributed by atoms with Crippen LogP contribution in [0.4, 0.5) is 5.13 Å². The van der Waals surface area contributed by atoms with Gasteiger partial charge in [-0.3, -0.25) is 4.57 Å². The molecule has 1 aromatic carbocycles. The molecule has 20 heavy (non-hydrogen) atoms. The summed E-state index contributed by atoms with van der Waals surface area (Å²) in [6.07, 6.45) is 1.66. The molecule has 0 saturated carbocycles. The van der Waals surface area contributed by atoms with Crippen LogP contribution in [0.25, 0.3) is 0 Å². The molecule has 8 heteroatoms. The first kappa shape index (κ1) is 15.5. The van der Waals surface area contributed by atoms with Crippen LogP contribution in [0, 0.1) is 0 Å². The van der Waals surface area contributed by atoms with Gasteiger partial charge in [-0.25, -0.2) is 4.98 Å². The zero-order chi connectivity index (χ0) is 14.6. The number of rotatable bonds is 6. The van der Waals surface area contributed by atoms with Crippen LogP contribution in [0.15, 0.2) is 35.8 Å². The van der Waals surface area contributed by atoms with Crippen molar-refractivity contribution >= 4 is 35.7 Å². The Hall–Kier alpha value is -0.910. The lowest BCUT2D eigenvalue weighted by atomic mass is 10.2. The minimum atomic E-state index is -3.36. The number of hydrogen-bond donors (Lipinski definition) is 1. The van der Waals surface area contributed by atoms with E-state index in [4.69, 9.17) is 20.6 Å². The topological polar surface area (TPSA) is 60.5 Å². The molecule has 0 fully saturated rings. The van der Waals surface area contributed by atoms with Crippen molar-refractivity contribution in [2.45, 2.75) is 5.78 Å². The van der Waals surface area contributed by atoms with E-state index in [9.17, 15) is 4.57 Å². The van der Waals surface area contributed by atoms with Gasteiger partial charge >= 0.3 is 7.60 Å². The van der Waals surface area contributed by atoms with Gasteiger partial charge in [-0.2, -0.15) is 0 Å². The van der Waals surface area contributed by atoms with Gasteiger partial charge in [0.2, 0.25) is 0 Å². The van der Waals surface area contributed by atoms with Crippen molar-refractivity contribution in [3.8, 4) is 0 Å². The number of nitrogens with one attached hydrogen (secondary N) is 1. The summed E-state index contributed by atoms with van der Waals surface area (Å²) in [6, 6.07) is 7.00. The maximum absolute atomic E-state index is 12.7. The molecule has 0 saturated heterocycles. The molecule has 2 rings (SSSR count). The van der Waals surface area contributed by atoms with Crippen LogP contribution in [0.3, 0.4) is 0 Å². The highest BCUT2D eigenvalue weighted by Crippen LogP contribution is 2.59. The number of thiazole rings is 1. The van der Waals surface area contributed by atoms with Crippen LogP contribution in [0.5, 0.6) is 0 Å². The fourth-order valence-electron chi connectivity index (χ4n) is 1.69. The number of halogens is 1. The maximum Gasteiger partial charge on any atom is 0.356 e. The summed E-state index contributed by atoms with van der Waals surface area (Å²) < 4.78 is 22.9. The molecule has 0 spiro atoms. The number of anilines is 1. The van der Waals surface area contributed by atoms with Crippen LogP contribution >= 0.6 is 30.5 Å². The Labute approximate surface area is 126 Å². The van der Waals surface area contributed by atoms with Gasteiger partial charge in [0.15, 0.2) is 10.9 Å². The second-order valence-corrected chi connectivity index (χ2v) is 7.50. The van der Waals surface area contributed by atoms with Gasteiger partial charge in [0, 0.05) is 30.8 Å². The molecule has 1 heterocycles. The van der Waals surface area contributed by atoms with E-state index in [1.807, 2.05) is 5.38 Å². The van der Waals surface area contributed by atoms with Crippen molar-refractivity contribution in [1.82, 2.24) is 4.98 Å². The Balaban J connectivity index is 2.38. The Morgan fingerprint density at radius 1 is 1.30 bits per heavy atom. The summed E-state index contributed by atoms with van der Waals surface area (Å²) in [7, 11) is -0.641. The first-order chi connectivity index (χ1) is 9.59. The van der Waals surface area contributed by atoms with E-state index in [0.29, 0.717) is 10.2 Å². The largest absolute Gasteiger partial charge is 0.356 e. The molecule has 0 amide bonds. The molecule has 1 N–H and O–H groups in total. The number of aromatic nitrogens is 1. The minimum Gasteiger partial charge on any atom is -0.344 e. The SMILES string of the molecule is COP(=O)(OC)C(Nc1nccs1)c1ccc(Cl)cc1. The summed E-state index contributed by atoms with van der Waals surface area (Å²) in [4.78, 5) is 4.13. The standard InChI is InChI=1S/C12H14ClN2O3PS/c1-17-19(16,18-2)11(15-12-14-7-8-20-12)9-3-5-10(13)6-4-9/h3-8,11H,1-2H3,(H,14,15). The van der Waals surface area contributed by atoms with Gasteiger partial charge in [0.05, 0.1) is 0 Å². The van der Waals surface area contributed by atoms with Crippen LogP contribution in [0.2, 0.25) is 5.02 Å². The molecule has 0 bridgehead atoms. The first-order valence-corrected chi connectivity index (χ1v) is 8.58. The zero-order valence-corrected chi connectivity index (χ0v) is 13.4. The zero-order valence-electron chi connectivity index (χ0n) is 10.9. The van der Waals surface area contributed by atoms with Crippen LogP contribution < -0.4 is 5.32 Å². The van der Waals surface area contributed by atoms with Crippen molar-refractivity contribution in [2.75, 3.05) is 19.5 Å². The van der Waals surface area contributed by atoms with Crippen molar-refractivity contribution in [3.05, 3.63) is 46.4 Å². The lowest BCUT2D eigenvalue weighted by Gasteiger charge is -2.25. The molecular weight excluding hydrogens is 319 g/mol. The third kappa shape index (κ3) is 3.40. The summed E-state index contributed by atoms with van der Waals surface area (Å²) in [5, 5.41) is 6.15. The van der Waals surface area contributed by atoms with Crippen molar-refractivity contribution in [1.29, 1.82) is 0 Å². The molecule has 5 nitrogen and oxygen atoms in total. The Morgan fingerprint density at radius 2 is 1.95 bits per heavy atom. The van der Waals surface area contributed by atoms with E-state index < -0.39 is 13.4 Å². The Kier molecular flexibility index (Phi) is 5.18. The molecule has 0 aliphatic heterocycles. The van der Waals surface area contributed by atoms with Gasteiger partial charge in [0.25, 0.3) is 0 Å². The van der Waals surface area contributed by atoms with Crippen LogP contribution in [0.1, 0.15) is 11.3 Å². The summed E-state index contributed by atoms with van der Waals surface area (Å²) in [6.45, 7) is 0. The van der Waals surface area contributed by atoms with Gasteiger partial charge < -0.3 is 14.4 Å². The number of nitrogens with zero attached hydrogens (tertiary/aromatic N) is 1. The smallest absolute Gasteiger partial charge is 0.344 e. The third-order valence-electron chi connectivity index (χ3n) is 2.70. The van der Waals surface area contributed by atoms with E-state index in [0.717, 1.165) is 5.56 Å². The second-order valence-electron chi connectivity index (χ2n) is 3.84. The highest BCUT2D eigenvalue weighted by Gasteiger charge is 2.36. The van der Waals surface area contributed by atoms with Gasteiger partial charge in [-0.1, -0.05) is 23.7 Å². The van der Waals surface area contributed by atoms with Crippen LogP contribution in [-0.4, -0.2) is 19.2 Å². The molecule has 0 aliphatic rings. The lowest BCUT2D eigenvalue weighted by molar-refractivity contribution is 0.268. The molecule has 1 unspecified atom stereocenters. The highest BCUT2D eigenvalue weighted by atomic mass is 35.5. The lowest BCUT2D eigenvalue weighted by Crippen LogP contribution is -2.13. The van der Waals surface area contributed by atoms with Crippen molar-refractivity contribution in [2.24, 2.45) is 0 Å². The fraction of sp³-hybridized carbons (Fsp3) is 0.250. The maximum atomic E-state index is 12.7. The monoisotopic (exact) mass is 332 g/mol. The third-order valence-corrected chi connectivity index (χ3v) is 5.74. The van der Waals surface area contributed by atoms with Gasteiger partial charge in [-0.15, -0.1) is 11.3 Å². The van der Waals surface area contributed by atoms with Crippen molar-refractivity contribution < 1.29 is 13.6 Å². The molecule has 108 valence electrons. The van der Waals surface area contributed by atoms with E-state index in [1.165, 1.54) is 25.6 Å². The van der Waals surface area contributed by atoms with Gasteiger partial charge in [0.1, 0.15) is 0 Å². The first-order valence-electron chi connectivity index (χ1n) is 5.72. The van der Waals surface area contributed by atoms with E-state index in [1.54, 1.807) is 30.5 Å². The van der Waals surface area contributed by atoms with Crippen LogP contribution in [-0.2, 0) is 13.6 Å². The Bertz CT molecular complexity index is 583. The van der Waals surface area contributed by atoms with E-state index in [-0.39, 0.29) is 0 Å². The quantitative estimate of drug-likeness (QED) is 0.795. The molecule has 0 aliphatic carbocycles. The van der Waals surface area contributed by atoms with Crippen molar-refractivity contribution in [3.63, 3.8) is 0 Å². The average molecular weight is 333 g/mol. The van der Waals surface area contributed by atoms with E-state index >= 15 is 0 Å². The Morgan fingerprint density at radius 3 is 2.45 bits per heavy atom. The fourth-order valence-corrected chi connectivity index (χ4v) is 3.85. The number of benzene rings is 1. The average Bonchev–Trinajstić information content (AvgIpc) is 2.98. The predicted octanol–water partition coefficient (Wildman–Crippen LogP) is 4.39. The predicted molar refractivity (Wildman–Crippen MR) is 81.6 cm³/mol. The molecule has 0 radical (unpaired) electrons. The van der Waals surface area contributed by atoms with Gasteiger partial charge in [-0.05, 0) is 17.7 Å². The molecular formula is C12H14ClN2O3PS. The normalized spacial score (nSPS) is 13.2. The summed E-state index contributed by atoms with van der Waals surface area (Å²) in [5.41, 5.74) is 0.747. The molecule has 1 aromatic heterocycles. The van der Waals surface area contributed by atoms with E-state index in [2.05, 4.69) is 10.3 Å². The molecule has 2 aromatic rings. The second kappa shape index (κ2) is 6.70. The summed E-state index contributed by atoms with van der Waals surface area (Å²) >= 11 is 7.28. The number of hydrogen-bond acceptors (Lipinski definition) is 6. The highest BCUT2D eigenvalue weighted by molar-refractivity contribution is 7.54. The molecule has 1 atom stereocenters.